The van der Waals surface area contributed by atoms with E-state index in [0.29, 0.717) is 54.8 Å². The fourth-order valence-electron chi connectivity index (χ4n) is 1.85. The van der Waals surface area contributed by atoms with Crippen molar-refractivity contribution in [2.75, 3.05) is 92.3 Å². The van der Waals surface area contributed by atoms with Crippen LogP contribution in [0.25, 0.3) is 0 Å². The molecule has 23 heteroatoms. The molecule has 0 aliphatic rings. The molecule has 0 fully saturated rings. The van der Waals surface area contributed by atoms with E-state index < -0.39 is 12.2 Å². The molecule has 0 unspecified atom stereocenters. The fraction of sp³-hybridized carbons (Fsp3) is 0.818. The molecule has 0 heterocycles. The Kier molecular flexibility index (Phi) is 41.1. The van der Waals surface area contributed by atoms with Crippen molar-refractivity contribution in [2.45, 2.75) is 12.8 Å². The highest BCUT2D eigenvalue weighted by atomic mass is 32.2. The lowest BCUT2D eigenvalue weighted by molar-refractivity contribution is -0.217. The number of aliphatic hydroxyl groups is 2. The predicted octanol–water partition coefficient (Wildman–Crippen LogP) is 5.25. The van der Waals surface area contributed by atoms with Crippen LogP contribution in [0.4, 0.5) is 9.59 Å². The molecule has 2 amide bonds. The van der Waals surface area contributed by atoms with Gasteiger partial charge in [0.15, 0.2) is 0 Å². The Morgan fingerprint density at radius 2 is 1.07 bits per heavy atom. The molecule has 0 bridgehead atoms. The Bertz CT molecular complexity index is 728. The number of nitrogens with zero attached hydrogens (tertiary/aromatic N) is 2. The van der Waals surface area contributed by atoms with Gasteiger partial charge in [-0.3, -0.25) is 0 Å². The van der Waals surface area contributed by atoms with Crippen LogP contribution in [-0.4, -0.2) is 128 Å². The van der Waals surface area contributed by atoms with Gasteiger partial charge in [-0.1, -0.05) is 0 Å². The molecule has 0 aliphatic carbocycles. The van der Waals surface area contributed by atoms with Gasteiger partial charge in [0.25, 0.3) is 0 Å². The van der Waals surface area contributed by atoms with Crippen molar-refractivity contribution in [3.8, 4) is 0 Å². The fourth-order valence-corrected chi connectivity index (χ4v) is 10.2. The second-order valence-corrected chi connectivity index (χ2v) is 18.0. The first-order valence-corrected chi connectivity index (χ1v) is 23.4. The van der Waals surface area contributed by atoms with Crippen molar-refractivity contribution < 1.29 is 48.8 Å². The first-order valence-electron chi connectivity index (χ1n) is 13.0. The number of amides is 2. The zero-order valence-electron chi connectivity index (χ0n) is 24.6. The van der Waals surface area contributed by atoms with Gasteiger partial charge >= 0.3 is 12.2 Å². The van der Waals surface area contributed by atoms with Gasteiger partial charge in [0.1, 0.15) is 11.9 Å². The van der Waals surface area contributed by atoms with Gasteiger partial charge in [-0.25, -0.2) is 19.6 Å². The molecule has 0 spiro atoms. The molecule has 0 aromatic heterocycles. The number of thioether (sulfide) groups is 9. The third-order valence-electron chi connectivity index (χ3n) is 3.67. The molecular formula is C22H42N4O10S9. The summed E-state index contributed by atoms with van der Waals surface area (Å²) in [6.07, 6.45) is 2.61. The number of ether oxygens (including phenoxy) is 2. The quantitative estimate of drug-likeness (QED) is 0.0165. The molecule has 264 valence electrons. The lowest BCUT2D eigenvalue weighted by Gasteiger charge is -2.06. The number of aliphatic imine (C=N–C) groups is 2. The van der Waals surface area contributed by atoms with Crippen LogP contribution in [0, 0.1) is 0 Å². The van der Waals surface area contributed by atoms with E-state index in [4.69, 9.17) is 39.2 Å². The van der Waals surface area contributed by atoms with Crippen LogP contribution < -0.4 is 10.6 Å². The largest absolute Gasteiger partial charge is 0.449 e. The van der Waals surface area contributed by atoms with Gasteiger partial charge in [-0.2, -0.15) is 9.78 Å². The third kappa shape index (κ3) is 40.6. The topological polar surface area (TPSA) is 179 Å². The Labute approximate surface area is 303 Å². The van der Waals surface area contributed by atoms with Gasteiger partial charge in [0.2, 0.25) is 12.8 Å². The van der Waals surface area contributed by atoms with Crippen LogP contribution in [0.5, 0.6) is 0 Å². The van der Waals surface area contributed by atoms with Crippen LogP contribution in [0.15, 0.2) is 9.98 Å². The number of hydrogen-bond donors (Lipinski definition) is 4. The highest BCUT2D eigenvalue weighted by Crippen LogP contribution is 2.19. The molecule has 0 aliphatic heterocycles. The molecule has 0 saturated heterocycles. The summed E-state index contributed by atoms with van der Waals surface area (Å²) in [5.41, 5.74) is 0. The van der Waals surface area contributed by atoms with Gasteiger partial charge in [-0.05, 0) is 6.42 Å². The van der Waals surface area contributed by atoms with Gasteiger partial charge in [0.05, 0.1) is 36.7 Å². The molecule has 0 rings (SSSR count). The number of carbonyl (C=O) groups excluding carboxylic acids is 2. The molecule has 0 aromatic carbocycles. The van der Waals surface area contributed by atoms with Crippen molar-refractivity contribution in [1.82, 2.24) is 10.6 Å². The molecule has 0 aromatic rings. The highest BCUT2D eigenvalue weighted by molar-refractivity contribution is 8.23. The summed E-state index contributed by atoms with van der Waals surface area (Å²) < 4.78 is 9.99. The second kappa shape index (κ2) is 40.6. The SMILES string of the molecule is O=C(NCSCSCSC/N=C\OOCSCSCSCOC(=O)NCSCSCSC/N=C/OOCCCO)OCCCO. The smallest absolute Gasteiger partial charge is 0.408 e. The lowest BCUT2D eigenvalue weighted by atomic mass is 10.5. The molecule has 0 atom stereocenters. The molecule has 0 saturated carbocycles. The number of hydrogen-bond acceptors (Lipinski definition) is 21. The van der Waals surface area contributed by atoms with E-state index in [1.807, 2.05) is 0 Å². The summed E-state index contributed by atoms with van der Waals surface area (Å²) in [4.78, 5) is 50.5. The molecule has 4 N–H and O–H groups in total. The molecular weight excluding hydrogens is 769 g/mol. The van der Waals surface area contributed by atoms with Crippen LogP contribution in [-0.2, 0) is 29.0 Å². The van der Waals surface area contributed by atoms with Crippen molar-refractivity contribution in [2.24, 2.45) is 9.98 Å². The summed E-state index contributed by atoms with van der Waals surface area (Å²) in [7, 11) is 0. The van der Waals surface area contributed by atoms with Crippen LogP contribution >= 0.6 is 106 Å². The van der Waals surface area contributed by atoms with E-state index in [2.05, 4.69) is 20.6 Å². The van der Waals surface area contributed by atoms with E-state index in [-0.39, 0.29) is 19.8 Å². The number of nitrogens with one attached hydrogen (secondary N) is 2. The molecule has 0 radical (unpaired) electrons. The van der Waals surface area contributed by atoms with Crippen molar-refractivity contribution in [3.63, 3.8) is 0 Å². The maximum Gasteiger partial charge on any atom is 0.408 e. The lowest BCUT2D eigenvalue weighted by Crippen LogP contribution is -2.24. The van der Waals surface area contributed by atoms with Gasteiger partial charge < -0.3 is 40.1 Å². The van der Waals surface area contributed by atoms with E-state index in [0.717, 1.165) is 30.5 Å². The van der Waals surface area contributed by atoms with Crippen LogP contribution in [0.3, 0.4) is 0 Å². The van der Waals surface area contributed by atoms with E-state index in [1.54, 1.807) is 94.1 Å². The average molecular weight is 811 g/mol. The van der Waals surface area contributed by atoms with E-state index in [1.165, 1.54) is 24.6 Å². The predicted molar refractivity (Wildman–Crippen MR) is 200 cm³/mol. The number of aliphatic hydroxyl groups excluding tert-OH is 2. The first kappa shape index (κ1) is 45.5. The Morgan fingerprint density at radius 3 is 1.67 bits per heavy atom. The van der Waals surface area contributed by atoms with E-state index >= 15 is 0 Å². The highest BCUT2D eigenvalue weighted by Gasteiger charge is 2.02. The Morgan fingerprint density at radius 1 is 0.578 bits per heavy atom. The molecule has 45 heavy (non-hydrogen) atoms. The maximum absolute atomic E-state index is 11.7. The minimum absolute atomic E-state index is 0.00458. The zero-order valence-corrected chi connectivity index (χ0v) is 32.0. The van der Waals surface area contributed by atoms with Crippen LogP contribution in [0.1, 0.15) is 12.8 Å². The Hall–Kier alpha value is 0.470. The number of alkyl carbamates (subject to hydrolysis) is 2. The number of rotatable bonds is 34. The standard InChI is InChI=1S/C22H42N4O10S9/c27-3-1-5-31-21(29)25-11-39-17-43-16-38-10-24-8-35-36-14-42-20-45-19-41-13-32-22(30)26-12-40-18-44-15-37-9-23-7-34-33-6-2-4-28/h7-8,27-28H,1-6,9-20H2,(H,25,29)(H,26,30)/b23-7+,24-8-. The summed E-state index contributed by atoms with van der Waals surface area (Å²) in [5.74, 6) is 2.77. The Balaban J connectivity index is 3.25. The van der Waals surface area contributed by atoms with Crippen molar-refractivity contribution in [3.05, 3.63) is 0 Å². The maximum atomic E-state index is 11.7. The van der Waals surface area contributed by atoms with E-state index in [9.17, 15) is 9.59 Å². The minimum atomic E-state index is -0.467. The second-order valence-electron chi connectivity index (χ2n) is 7.11. The summed E-state index contributed by atoms with van der Waals surface area (Å²) in [6.45, 7) is 0.615. The number of carbonyl (C=O) groups is 2. The minimum Gasteiger partial charge on any atom is -0.449 e. The third-order valence-corrected chi connectivity index (χ3v) is 13.6. The normalized spacial score (nSPS) is 11.2. The average Bonchev–Trinajstić information content (AvgIpc) is 3.04. The van der Waals surface area contributed by atoms with Crippen LogP contribution in [0.2, 0.25) is 0 Å². The van der Waals surface area contributed by atoms with Gasteiger partial charge in [0, 0.05) is 50.1 Å². The zero-order chi connectivity index (χ0) is 32.7. The monoisotopic (exact) mass is 810 g/mol. The van der Waals surface area contributed by atoms with Crippen molar-refractivity contribution in [1.29, 1.82) is 0 Å². The summed E-state index contributed by atoms with van der Waals surface area (Å²) in [5, 5.41) is 27.6. The molecule has 14 nitrogen and oxygen atoms in total. The first-order chi connectivity index (χ1) is 22.2. The summed E-state index contributed by atoms with van der Waals surface area (Å²) >= 11 is 14.7. The summed E-state index contributed by atoms with van der Waals surface area (Å²) in [6, 6.07) is 0. The van der Waals surface area contributed by atoms with Gasteiger partial charge in [-0.15, -0.1) is 106 Å². The van der Waals surface area contributed by atoms with Crippen molar-refractivity contribution >= 4 is 131 Å².